The summed E-state index contributed by atoms with van der Waals surface area (Å²) in [6, 6.07) is 11.2. The topological polar surface area (TPSA) is 77.3 Å². The van der Waals surface area contributed by atoms with E-state index in [0.717, 1.165) is 6.07 Å². The van der Waals surface area contributed by atoms with Crippen molar-refractivity contribution in [3.05, 3.63) is 64.8 Å². The van der Waals surface area contributed by atoms with Gasteiger partial charge in [0.1, 0.15) is 11.6 Å². The zero-order valence-corrected chi connectivity index (χ0v) is 13.9. The molecule has 0 atom stereocenters. The molecule has 128 valence electrons. The van der Waals surface area contributed by atoms with Gasteiger partial charge in [-0.1, -0.05) is 35.0 Å². The number of nitrogens with one attached hydrogen (secondary N) is 1. The number of amides is 1. The number of ether oxygens (including phenoxy) is 1. The molecular weight excluding hydrogens is 349 g/mol. The standard InChI is InChI=1S/C17H13ClFN3O3/c1-24-13-8-3-2-5-10(13)16-21-14(25-22-16)9-20-17(23)15-11(18)6-4-7-12(15)19/h2-8H,9H2,1H3,(H,20,23). The van der Waals surface area contributed by atoms with Crippen LogP contribution in [0.15, 0.2) is 47.0 Å². The number of para-hydroxylation sites is 1. The van der Waals surface area contributed by atoms with Crippen LogP contribution in [0.25, 0.3) is 11.4 Å². The Bertz CT molecular complexity index is 893. The first-order valence-corrected chi connectivity index (χ1v) is 7.66. The van der Waals surface area contributed by atoms with Crippen LogP contribution >= 0.6 is 11.6 Å². The highest BCUT2D eigenvalue weighted by Gasteiger charge is 2.17. The molecule has 0 saturated carbocycles. The lowest BCUT2D eigenvalue weighted by molar-refractivity contribution is 0.0942. The molecule has 2 aromatic carbocycles. The SMILES string of the molecule is COc1ccccc1-c1noc(CNC(=O)c2c(F)cccc2Cl)n1. The van der Waals surface area contributed by atoms with Gasteiger partial charge in [0.25, 0.3) is 5.91 Å². The second kappa shape index (κ2) is 7.31. The molecule has 0 aliphatic rings. The number of carbonyl (C=O) groups is 1. The number of methoxy groups -OCH3 is 1. The average molecular weight is 362 g/mol. The van der Waals surface area contributed by atoms with Crippen LogP contribution in [0.5, 0.6) is 5.75 Å². The molecule has 0 spiro atoms. The van der Waals surface area contributed by atoms with E-state index in [1.54, 1.807) is 12.1 Å². The van der Waals surface area contributed by atoms with Gasteiger partial charge in [0.15, 0.2) is 0 Å². The first-order chi connectivity index (χ1) is 12.1. The van der Waals surface area contributed by atoms with Crippen LogP contribution in [-0.2, 0) is 6.54 Å². The molecular formula is C17H13ClFN3O3. The van der Waals surface area contributed by atoms with Gasteiger partial charge in [-0.15, -0.1) is 0 Å². The number of rotatable bonds is 5. The third-order valence-electron chi connectivity index (χ3n) is 3.41. The Labute approximate surface area is 147 Å². The lowest BCUT2D eigenvalue weighted by atomic mass is 10.2. The molecule has 1 amide bonds. The Hall–Kier alpha value is -2.93. The molecule has 6 nitrogen and oxygen atoms in total. The largest absolute Gasteiger partial charge is 0.496 e. The molecule has 0 aliphatic carbocycles. The number of hydrogen-bond donors (Lipinski definition) is 1. The summed E-state index contributed by atoms with van der Waals surface area (Å²) >= 11 is 5.86. The van der Waals surface area contributed by atoms with E-state index in [4.69, 9.17) is 20.9 Å². The van der Waals surface area contributed by atoms with Gasteiger partial charge in [0.2, 0.25) is 11.7 Å². The number of aromatic nitrogens is 2. The maximum atomic E-state index is 13.7. The van der Waals surface area contributed by atoms with Crippen molar-refractivity contribution in [2.24, 2.45) is 0 Å². The van der Waals surface area contributed by atoms with Crippen LogP contribution in [0.4, 0.5) is 4.39 Å². The summed E-state index contributed by atoms with van der Waals surface area (Å²) in [6.07, 6.45) is 0. The minimum absolute atomic E-state index is 0.0257. The summed E-state index contributed by atoms with van der Waals surface area (Å²) in [5.41, 5.74) is 0.428. The van der Waals surface area contributed by atoms with Gasteiger partial charge in [-0.05, 0) is 24.3 Å². The minimum atomic E-state index is -0.703. The summed E-state index contributed by atoms with van der Waals surface area (Å²) < 4.78 is 24.1. The van der Waals surface area contributed by atoms with Crippen molar-refractivity contribution in [1.29, 1.82) is 0 Å². The van der Waals surface area contributed by atoms with E-state index in [0.29, 0.717) is 17.1 Å². The van der Waals surface area contributed by atoms with Crippen LogP contribution in [0.3, 0.4) is 0 Å². The molecule has 25 heavy (non-hydrogen) atoms. The molecule has 0 fully saturated rings. The highest BCUT2D eigenvalue weighted by atomic mass is 35.5. The quantitative estimate of drug-likeness (QED) is 0.753. The summed E-state index contributed by atoms with van der Waals surface area (Å²) in [4.78, 5) is 16.3. The normalized spacial score (nSPS) is 10.5. The Morgan fingerprint density at radius 3 is 2.84 bits per heavy atom. The number of nitrogens with zero attached hydrogens (tertiary/aromatic N) is 2. The molecule has 0 saturated heterocycles. The van der Waals surface area contributed by atoms with Crippen molar-refractivity contribution in [3.63, 3.8) is 0 Å². The number of carbonyl (C=O) groups excluding carboxylic acids is 1. The summed E-state index contributed by atoms with van der Waals surface area (Å²) in [6.45, 7) is -0.0638. The molecule has 3 aromatic rings. The highest BCUT2D eigenvalue weighted by Crippen LogP contribution is 2.27. The third-order valence-corrected chi connectivity index (χ3v) is 3.72. The molecule has 3 rings (SSSR count). The van der Waals surface area contributed by atoms with Gasteiger partial charge in [-0.25, -0.2) is 4.39 Å². The van der Waals surface area contributed by atoms with Crippen LogP contribution in [0.2, 0.25) is 5.02 Å². The third kappa shape index (κ3) is 3.61. The van der Waals surface area contributed by atoms with Crippen molar-refractivity contribution >= 4 is 17.5 Å². The summed E-state index contributed by atoms with van der Waals surface area (Å²) in [5.74, 6) is -0.283. The second-order valence-corrected chi connectivity index (χ2v) is 5.40. The van der Waals surface area contributed by atoms with Crippen LogP contribution in [0, 0.1) is 5.82 Å². The fourth-order valence-electron chi connectivity index (χ4n) is 2.22. The Kier molecular flexibility index (Phi) is 4.95. The fraction of sp³-hybridized carbons (Fsp3) is 0.118. The van der Waals surface area contributed by atoms with E-state index in [2.05, 4.69) is 15.5 Å². The maximum absolute atomic E-state index is 13.7. The highest BCUT2D eigenvalue weighted by molar-refractivity contribution is 6.33. The van der Waals surface area contributed by atoms with Crippen LogP contribution in [-0.4, -0.2) is 23.2 Å². The first-order valence-electron chi connectivity index (χ1n) is 7.28. The first kappa shape index (κ1) is 16.9. The van der Waals surface area contributed by atoms with E-state index in [-0.39, 0.29) is 23.0 Å². The molecule has 0 bridgehead atoms. The van der Waals surface area contributed by atoms with E-state index < -0.39 is 11.7 Å². The summed E-state index contributed by atoms with van der Waals surface area (Å²) in [5, 5.41) is 6.39. The molecule has 0 aliphatic heterocycles. The fourth-order valence-corrected chi connectivity index (χ4v) is 2.47. The Morgan fingerprint density at radius 2 is 2.08 bits per heavy atom. The van der Waals surface area contributed by atoms with Gasteiger partial charge in [-0.2, -0.15) is 4.98 Å². The van der Waals surface area contributed by atoms with Crippen LogP contribution < -0.4 is 10.1 Å². The van der Waals surface area contributed by atoms with E-state index in [1.807, 2.05) is 12.1 Å². The molecule has 0 unspecified atom stereocenters. The monoisotopic (exact) mass is 361 g/mol. The molecule has 1 aromatic heterocycles. The molecule has 8 heteroatoms. The second-order valence-electron chi connectivity index (χ2n) is 4.99. The lowest BCUT2D eigenvalue weighted by Gasteiger charge is -2.05. The van der Waals surface area contributed by atoms with Crippen molar-refractivity contribution in [2.75, 3.05) is 7.11 Å². The van der Waals surface area contributed by atoms with E-state index in [9.17, 15) is 9.18 Å². The Balaban J connectivity index is 1.73. The van der Waals surface area contributed by atoms with Gasteiger partial charge in [0.05, 0.1) is 29.8 Å². The van der Waals surface area contributed by atoms with Crippen LogP contribution in [0.1, 0.15) is 16.2 Å². The van der Waals surface area contributed by atoms with Gasteiger partial charge >= 0.3 is 0 Å². The summed E-state index contributed by atoms with van der Waals surface area (Å²) in [7, 11) is 1.54. The van der Waals surface area contributed by atoms with Gasteiger partial charge < -0.3 is 14.6 Å². The van der Waals surface area contributed by atoms with Crippen molar-refractivity contribution in [2.45, 2.75) is 6.54 Å². The predicted molar refractivity (Wildman–Crippen MR) is 88.9 cm³/mol. The number of halogens is 2. The number of benzene rings is 2. The van der Waals surface area contributed by atoms with Crippen molar-refractivity contribution in [3.8, 4) is 17.1 Å². The molecule has 1 heterocycles. The van der Waals surface area contributed by atoms with E-state index >= 15 is 0 Å². The zero-order valence-electron chi connectivity index (χ0n) is 13.1. The van der Waals surface area contributed by atoms with Gasteiger partial charge in [-0.3, -0.25) is 4.79 Å². The zero-order chi connectivity index (χ0) is 17.8. The average Bonchev–Trinajstić information content (AvgIpc) is 3.08. The Morgan fingerprint density at radius 1 is 1.28 bits per heavy atom. The maximum Gasteiger partial charge on any atom is 0.256 e. The number of hydrogen-bond acceptors (Lipinski definition) is 5. The van der Waals surface area contributed by atoms with E-state index in [1.165, 1.54) is 19.2 Å². The predicted octanol–water partition coefficient (Wildman–Crippen LogP) is 3.47. The molecule has 1 N–H and O–H groups in total. The smallest absolute Gasteiger partial charge is 0.256 e. The lowest BCUT2D eigenvalue weighted by Crippen LogP contribution is -2.24. The van der Waals surface area contributed by atoms with Gasteiger partial charge in [0, 0.05) is 0 Å². The minimum Gasteiger partial charge on any atom is -0.496 e. The van der Waals surface area contributed by atoms with Crippen molar-refractivity contribution in [1.82, 2.24) is 15.5 Å². The van der Waals surface area contributed by atoms with Crippen molar-refractivity contribution < 1.29 is 18.4 Å². The molecule has 0 radical (unpaired) electrons.